The predicted octanol–water partition coefficient (Wildman–Crippen LogP) is 6.51. The van der Waals surface area contributed by atoms with Gasteiger partial charge in [0, 0.05) is 30.9 Å². The van der Waals surface area contributed by atoms with Gasteiger partial charge >= 0.3 is 11.9 Å². The lowest BCUT2D eigenvalue weighted by molar-refractivity contribution is -0.153. The molecule has 0 aliphatic rings. The molecule has 0 saturated heterocycles. The van der Waals surface area contributed by atoms with E-state index in [1.807, 2.05) is 78.8 Å². The van der Waals surface area contributed by atoms with E-state index in [1.54, 1.807) is 24.3 Å². The van der Waals surface area contributed by atoms with Crippen molar-refractivity contribution in [2.75, 3.05) is 13.7 Å². The number of aromatic nitrogens is 1. The third-order valence-corrected chi connectivity index (χ3v) is 9.57. The zero-order valence-electron chi connectivity index (χ0n) is 30.9. The Kier molecular flexibility index (Phi) is 16.6. The van der Waals surface area contributed by atoms with Gasteiger partial charge in [-0.1, -0.05) is 105 Å². The van der Waals surface area contributed by atoms with Gasteiger partial charge in [0.15, 0.2) is 6.10 Å². The van der Waals surface area contributed by atoms with E-state index in [1.165, 1.54) is 17.4 Å². The van der Waals surface area contributed by atoms with Crippen LogP contribution in [0.1, 0.15) is 108 Å². The first-order valence-electron chi connectivity index (χ1n) is 17.3. The van der Waals surface area contributed by atoms with Crippen LogP contribution < -0.4 is 11.1 Å². The normalized spacial score (nSPS) is 15.3. The zero-order valence-corrected chi connectivity index (χ0v) is 31.7. The Morgan fingerprint density at radius 3 is 2.31 bits per heavy atom. The van der Waals surface area contributed by atoms with Crippen LogP contribution in [0.25, 0.3) is 0 Å². The smallest absolute Gasteiger partial charge is 0.309 e. The summed E-state index contributed by atoms with van der Waals surface area (Å²) in [5.74, 6) is -1.75. The molecule has 11 heteroatoms. The Balaban J connectivity index is 2.37. The number of esters is 2. The number of amides is 2. The number of nitrogens with zero attached hydrogens (tertiary/aromatic N) is 2. The molecule has 1 aromatic carbocycles. The van der Waals surface area contributed by atoms with Crippen LogP contribution in [0.2, 0.25) is 0 Å². The lowest BCUT2D eigenvalue weighted by Crippen LogP contribution is -2.51. The maximum absolute atomic E-state index is 13.6. The van der Waals surface area contributed by atoms with Crippen LogP contribution in [0, 0.1) is 23.2 Å². The molecule has 49 heavy (non-hydrogen) atoms. The van der Waals surface area contributed by atoms with E-state index >= 15 is 0 Å². The quantitative estimate of drug-likeness (QED) is 0.125. The Morgan fingerprint density at radius 2 is 1.73 bits per heavy atom. The molecule has 0 bridgehead atoms. The van der Waals surface area contributed by atoms with Gasteiger partial charge in [-0.3, -0.25) is 19.2 Å². The van der Waals surface area contributed by atoms with Gasteiger partial charge < -0.3 is 25.4 Å². The van der Waals surface area contributed by atoms with Crippen molar-refractivity contribution < 1.29 is 28.7 Å². The summed E-state index contributed by atoms with van der Waals surface area (Å²) in [5, 5.41) is 5.18. The van der Waals surface area contributed by atoms with Crippen LogP contribution in [0.15, 0.2) is 48.4 Å². The van der Waals surface area contributed by atoms with Gasteiger partial charge in [-0.2, -0.15) is 0 Å². The molecule has 3 N–H and O–H groups in total. The number of rotatable bonds is 19. The summed E-state index contributed by atoms with van der Waals surface area (Å²) in [5.41, 5.74) is 7.23. The van der Waals surface area contributed by atoms with Crippen molar-refractivity contribution in [1.82, 2.24) is 15.2 Å². The number of benzene rings is 1. The molecule has 0 fully saturated rings. The van der Waals surface area contributed by atoms with Crippen LogP contribution in [0.4, 0.5) is 0 Å². The fraction of sp³-hybridized carbons (Fsp3) is 0.605. The number of nitrogens with one attached hydrogen (secondary N) is 1. The molecule has 1 heterocycles. The van der Waals surface area contributed by atoms with E-state index in [4.69, 9.17) is 15.2 Å². The Bertz CT molecular complexity index is 1370. The number of thiazole rings is 1. The Hall–Kier alpha value is -3.57. The van der Waals surface area contributed by atoms with Crippen LogP contribution >= 0.6 is 11.3 Å². The molecule has 2 aromatic rings. The molecule has 6 atom stereocenters. The number of nitrogens with two attached hydrogens (primary N) is 1. The van der Waals surface area contributed by atoms with Crippen LogP contribution in [-0.2, 0) is 30.3 Å². The molecule has 2 amide bonds. The second kappa shape index (κ2) is 19.6. The molecule has 2 unspecified atom stereocenters. The van der Waals surface area contributed by atoms with E-state index < -0.39 is 24.0 Å². The molecule has 0 saturated carbocycles. The number of likely N-dealkylation sites (N-methyl/N-ethyl adjacent to an activating group) is 1. The second-order valence-corrected chi connectivity index (χ2v) is 15.5. The first kappa shape index (κ1) is 41.6. The highest BCUT2D eigenvalue weighted by atomic mass is 32.1. The first-order chi connectivity index (χ1) is 23.0. The third-order valence-electron chi connectivity index (χ3n) is 8.63. The monoisotopic (exact) mass is 698 g/mol. The summed E-state index contributed by atoms with van der Waals surface area (Å²) in [7, 11) is 1.74. The predicted molar refractivity (Wildman–Crippen MR) is 195 cm³/mol. The Labute approximate surface area is 297 Å². The third kappa shape index (κ3) is 13.7. The molecule has 0 spiro atoms. The minimum atomic E-state index is -0.788. The van der Waals surface area contributed by atoms with Crippen molar-refractivity contribution in [3.63, 3.8) is 0 Å². The maximum Gasteiger partial charge on any atom is 0.309 e. The van der Waals surface area contributed by atoms with Gasteiger partial charge in [-0.15, -0.1) is 11.3 Å². The van der Waals surface area contributed by atoms with Crippen molar-refractivity contribution in [3.05, 3.63) is 64.6 Å². The largest absolute Gasteiger partial charge is 0.461 e. The second-order valence-electron chi connectivity index (χ2n) is 14.6. The molecule has 1 aromatic heterocycles. The lowest BCUT2D eigenvalue weighted by atomic mass is 9.92. The molecule has 0 aliphatic heterocycles. The van der Waals surface area contributed by atoms with Crippen molar-refractivity contribution in [1.29, 1.82) is 0 Å². The summed E-state index contributed by atoms with van der Waals surface area (Å²) in [4.78, 5) is 59.1. The van der Waals surface area contributed by atoms with Crippen LogP contribution in [0.5, 0.6) is 0 Å². The summed E-state index contributed by atoms with van der Waals surface area (Å²) >= 11 is 1.23. The highest BCUT2D eigenvalue weighted by Gasteiger charge is 2.34. The zero-order chi connectivity index (χ0) is 36.9. The van der Waals surface area contributed by atoms with Gasteiger partial charge in [0.05, 0.1) is 18.4 Å². The van der Waals surface area contributed by atoms with Crippen molar-refractivity contribution in [2.45, 2.75) is 112 Å². The van der Waals surface area contributed by atoms with Gasteiger partial charge in [-0.05, 0) is 35.7 Å². The summed E-state index contributed by atoms with van der Waals surface area (Å²) < 4.78 is 11.3. The summed E-state index contributed by atoms with van der Waals surface area (Å²) in [6.07, 6.45) is 2.84. The van der Waals surface area contributed by atoms with E-state index in [0.29, 0.717) is 24.3 Å². The highest BCUT2D eigenvalue weighted by Crippen LogP contribution is 2.32. The van der Waals surface area contributed by atoms with E-state index in [0.717, 1.165) is 12.0 Å². The molecular formula is C38H58N4O6S. The van der Waals surface area contributed by atoms with Gasteiger partial charge in [0.2, 0.25) is 5.91 Å². The van der Waals surface area contributed by atoms with Crippen LogP contribution in [-0.4, -0.2) is 65.4 Å². The molecule has 272 valence electrons. The molecule has 10 nitrogen and oxygen atoms in total. The molecule has 0 aliphatic carbocycles. The van der Waals surface area contributed by atoms with Crippen molar-refractivity contribution in [3.8, 4) is 0 Å². The minimum Gasteiger partial charge on any atom is -0.461 e. The highest BCUT2D eigenvalue weighted by molar-refractivity contribution is 7.09. The number of carbonyl (C=O) groups excluding carboxylic acids is 4. The SMILES string of the molecule is C=CCOC(=O)C(C)CC(Cc1ccccc1)NC(=O)c1csc([C@@H](C[C@H](C(C)C)N(C)C(=O)[C@@H](N)[C@@H](C)CC)OC(=O)CC(C)(C)C)n1. The summed E-state index contributed by atoms with van der Waals surface area (Å²) in [6, 6.07) is 8.38. The fourth-order valence-corrected chi connectivity index (χ4v) is 6.36. The van der Waals surface area contributed by atoms with Gasteiger partial charge in [0.1, 0.15) is 17.3 Å². The topological polar surface area (TPSA) is 141 Å². The van der Waals surface area contributed by atoms with Gasteiger partial charge in [0.25, 0.3) is 5.91 Å². The molecular weight excluding hydrogens is 641 g/mol. The van der Waals surface area contributed by atoms with Crippen molar-refractivity contribution >= 4 is 35.1 Å². The Morgan fingerprint density at radius 1 is 1.08 bits per heavy atom. The minimum absolute atomic E-state index is 0.00898. The fourth-order valence-electron chi connectivity index (χ4n) is 5.52. The van der Waals surface area contributed by atoms with Crippen molar-refractivity contribution in [2.24, 2.45) is 28.9 Å². The average Bonchev–Trinajstić information content (AvgIpc) is 3.54. The first-order valence-corrected chi connectivity index (χ1v) is 18.1. The standard InChI is InChI=1S/C38H58N4O6S/c1-11-18-47-37(46)26(6)19-28(20-27-16-14-13-15-17-27)40-34(44)29-23-49-35(41-29)31(48-32(43)22-38(7,8)9)21-30(24(3)4)42(10)36(45)33(39)25(5)12-2/h11,13-17,23-26,28,30-31,33H,1,12,18-22,39H2,2-10H3,(H,40,44)/t25-,26?,28?,30+,31+,33-/m0/s1. The number of hydrogen-bond acceptors (Lipinski definition) is 9. The van der Waals surface area contributed by atoms with E-state index in [2.05, 4.69) is 16.9 Å². The number of carbonyl (C=O) groups is 4. The van der Waals surface area contributed by atoms with E-state index in [-0.39, 0.29) is 65.9 Å². The molecule has 0 radical (unpaired) electrons. The van der Waals surface area contributed by atoms with Crippen LogP contribution in [0.3, 0.4) is 0 Å². The number of hydrogen-bond donors (Lipinski definition) is 2. The van der Waals surface area contributed by atoms with E-state index in [9.17, 15) is 19.2 Å². The lowest BCUT2D eigenvalue weighted by Gasteiger charge is -2.36. The maximum atomic E-state index is 13.6. The average molecular weight is 699 g/mol. The number of ether oxygens (including phenoxy) is 2. The summed E-state index contributed by atoms with van der Waals surface area (Å²) in [6.45, 7) is 19.3. The molecule has 2 rings (SSSR count). The van der Waals surface area contributed by atoms with Gasteiger partial charge in [-0.25, -0.2) is 4.98 Å².